The first-order valence-corrected chi connectivity index (χ1v) is 8.04. The molecule has 6 nitrogen and oxygen atoms in total. The third-order valence-corrected chi connectivity index (χ3v) is 4.40. The van der Waals surface area contributed by atoms with Crippen LogP contribution in [0.4, 0.5) is 5.69 Å². The van der Waals surface area contributed by atoms with Crippen LogP contribution in [-0.4, -0.2) is 27.6 Å². The van der Waals surface area contributed by atoms with Crippen molar-refractivity contribution >= 4 is 34.1 Å². The molecule has 2 aromatic carbocycles. The molecule has 6 heteroatoms. The van der Waals surface area contributed by atoms with Gasteiger partial charge in [0, 0.05) is 29.1 Å². The first kappa shape index (κ1) is 16.0. The largest absolute Gasteiger partial charge is 0.506 e. The molecule has 0 saturated heterocycles. The zero-order valence-corrected chi connectivity index (χ0v) is 13.8. The van der Waals surface area contributed by atoms with Crippen LogP contribution < -0.4 is 5.32 Å². The summed E-state index contributed by atoms with van der Waals surface area (Å²) in [6.45, 7) is 1.36. The smallest absolute Gasteiger partial charge is 0.221 e. The molecule has 0 spiro atoms. The van der Waals surface area contributed by atoms with Crippen molar-refractivity contribution in [3.8, 4) is 5.75 Å². The minimum absolute atomic E-state index is 0.0518. The Kier molecular flexibility index (Phi) is 3.54. The van der Waals surface area contributed by atoms with Gasteiger partial charge >= 0.3 is 0 Å². The first-order chi connectivity index (χ1) is 12.5. The maximum absolute atomic E-state index is 12.8. The topological polar surface area (TPSA) is 96.4 Å². The normalized spacial score (nSPS) is 16.0. The number of benzene rings is 2. The van der Waals surface area contributed by atoms with E-state index in [0.717, 1.165) is 5.39 Å². The Balaban J connectivity index is 1.81. The van der Waals surface area contributed by atoms with Gasteiger partial charge in [0.15, 0.2) is 11.6 Å². The Morgan fingerprint density at radius 3 is 2.54 bits per heavy atom. The lowest BCUT2D eigenvalue weighted by Crippen LogP contribution is -2.14. The predicted molar refractivity (Wildman–Crippen MR) is 95.6 cm³/mol. The SMILES string of the molecule is CC(=O)Nc1ccc2c(c1)C(=O)[C@@H](c1nc3ccccc3cc1O)C2=O. The minimum atomic E-state index is -1.18. The van der Waals surface area contributed by atoms with Gasteiger partial charge in [0.2, 0.25) is 5.91 Å². The van der Waals surface area contributed by atoms with Crippen molar-refractivity contribution < 1.29 is 19.5 Å². The van der Waals surface area contributed by atoms with Crippen molar-refractivity contribution in [1.29, 1.82) is 0 Å². The van der Waals surface area contributed by atoms with Crippen LogP contribution in [0.5, 0.6) is 5.75 Å². The Morgan fingerprint density at radius 1 is 1.04 bits per heavy atom. The standard InChI is InChI=1S/C20H14N2O4/c1-10(23)21-12-6-7-13-14(9-12)20(26)17(19(13)25)18-16(24)8-11-4-2-3-5-15(11)22-18/h2-9,17,24H,1H3,(H,21,23)/t17-/m0/s1. The van der Waals surface area contributed by atoms with Crippen molar-refractivity contribution in [3.63, 3.8) is 0 Å². The summed E-state index contributed by atoms with van der Waals surface area (Å²) in [7, 11) is 0. The molecule has 1 atom stereocenters. The van der Waals surface area contributed by atoms with E-state index in [-0.39, 0.29) is 28.5 Å². The lowest BCUT2D eigenvalue weighted by molar-refractivity contribution is -0.114. The number of pyridine rings is 1. The molecule has 1 heterocycles. The number of carbonyl (C=O) groups excluding carboxylic acids is 3. The van der Waals surface area contributed by atoms with Crippen LogP contribution in [0.1, 0.15) is 39.3 Å². The second-order valence-electron chi connectivity index (χ2n) is 6.19. The number of fused-ring (bicyclic) bond motifs is 2. The lowest BCUT2D eigenvalue weighted by Gasteiger charge is -2.10. The van der Waals surface area contributed by atoms with Crippen LogP contribution in [0.3, 0.4) is 0 Å². The van der Waals surface area contributed by atoms with Gasteiger partial charge in [-0.1, -0.05) is 18.2 Å². The fourth-order valence-electron chi connectivity index (χ4n) is 3.25. The summed E-state index contributed by atoms with van der Waals surface area (Å²) in [6, 6.07) is 13.2. The van der Waals surface area contributed by atoms with E-state index in [1.807, 2.05) is 6.07 Å². The summed E-state index contributed by atoms with van der Waals surface area (Å²) in [5.41, 5.74) is 1.57. The van der Waals surface area contributed by atoms with Crippen molar-refractivity contribution in [2.24, 2.45) is 0 Å². The van der Waals surface area contributed by atoms with E-state index in [0.29, 0.717) is 11.2 Å². The molecule has 0 radical (unpaired) electrons. The number of Topliss-reactive ketones (excluding diaryl/α,β-unsaturated/α-hetero) is 2. The lowest BCUT2D eigenvalue weighted by atomic mass is 9.97. The summed E-state index contributed by atoms with van der Waals surface area (Å²) >= 11 is 0. The van der Waals surface area contributed by atoms with Gasteiger partial charge in [-0.3, -0.25) is 14.4 Å². The van der Waals surface area contributed by atoms with E-state index in [1.54, 1.807) is 24.3 Å². The highest BCUT2D eigenvalue weighted by Gasteiger charge is 2.42. The van der Waals surface area contributed by atoms with Crippen molar-refractivity contribution in [1.82, 2.24) is 4.98 Å². The molecular weight excluding hydrogens is 332 g/mol. The van der Waals surface area contributed by atoms with E-state index in [1.165, 1.54) is 25.1 Å². The average molecular weight is 346 g/mol. The number of nitrogens with zero attached hydrogens (tertiary/aromatic N) is 1. The molecule has 2 N–H and O–H groups in total. The van der Waals surface area contributed by atoms with Gasteiger partial charge in [0.05, 0.1) is 5.52 Å². The van der Waals surface area contributed by atoms with Gasteiger partial charge in [-0.15, -0.1) is 0 Å². The van der Waals surface area contributed by atoms with E-state index in [4.69, 9.17) is 0 Å². The van der Waals surface area contributed by atoms with Crippen LogP contribution in [0.15, 0.2) is 48.5 Å². The van der Waals surface area contributed by atoms with E-state index < -0.39 is 17.5 Å². The Labute approximate surface area is 148 Å². The molecule has 0 fully saturated rings. The molecule has 0 aliphatic heterocycles. The summed E-state index contributed by atoms with van der Waals surface area (Å²) < 4.78 is 0. The molecule has 26 heavy (non-hydrogen) atoms. The molecule has 0 bridgehead atoms. The third kappa shape index (κ3) is 2.43. The van der Waals surface area contributed by atoms with Gasteiger partial charge in [-0.2, -0.15) is 0 Å². The number of carbonyl (C=O) groups is 3. The molecule has 1 amide bonds. The maximum Gasteiger partial charge on any atom is 0.221 e. The van der Waals surface area contributed by atoms with E-state index >= 15 is 0 Å². The van der Waals surface area contributed by atoms with Crippen LogP contribution in [0.25, 0.3) is 10.9 Å². The second-order valence-corrected chi connectivity index (χ2v) is 6.19. The zero-order chi connectivity index (χ0) is 18.4. The third-order valence-electron chi connectivity index (χ3n) is 4.40. The number of nitrogens with one attached hydrogen (secondary N) is 1. The number of para-hydroxylation sites is 1. The number of aromatic nitrogens is 1. The molecule has 1 aliphatic carbocycles. The number of hydrogen-bond donors (Lipinski definition) is 2. The molecule has 3 aromatic rings. The molecule has 4 rings (SSSR count). The molecular formula is C20H14N2O4. The number of rotatable bonds is 2. The Hall–Kier alpha value is -3.54. The van der Waals surface area contributed by atoms with E-state index in [9.17, 15) is 19.5 Å². The number of anilines is 1. The molecule has 0 unspecified atom stereocenters. The highest BCUT2D eigenvalue weighted by molar-refractivity contribution is 6.30. The number of aromatic hydroxyl groups is 1. The van der Waals surface area contributed by atoms with Gasteiger partial charge in [0.25, 0.3) is 0 Å². The molecule has 128 valence electrons. The summed E-state index contributed by atoms with van der Waals surface area (Å²) in [5, 5.41) is 13.6. The highest BCUT2D eigenvalue weighted by Crippen LogP contribution is 2.38. The monoisotopic (exact) mass is 346 g/mol. The minimum Gasteiger partial charge on any atom is -0.506 e. The van der Waals surface area contributed by atoms with E-state index in [2.05, 4.69) is 10.3 Å². The van der Waals surface area contributed by atoms with Crippen LogP contribution in [0.2, 0.25) is 0 Å². The summed E-state index contributed by atoms with van der Waals surface area (Å²) in [6.07, 6.45) is 0. The van der Waals surface area contributed by atoms with Gasteiger partial charge in [-0.05, 0) is 30.3 Å². The van der Waals surface area contributed by atoms with Crippen LogP contribution in [-0.2, 0) is 4.79 Å². The van der Waals surface area contributed by atoms with Gasteiger partial charge in [0.1, 0.15) is 17.4 Å². The van der Waals surface area contributed by atoms with Crippen molar-refractivity contribution in [3.05, 3.63) is 65.4 Å². The number of ketones is 2. The first-order valence-electron chi connectivity index (χ1n) is 8.04. The fraction of sp³-hybridized carbons (Fsp3) is 0.100. The fourth-order valence-corrected chi connectivity index (χ4v) is 3.25. The molecule has 1 aromatic heterocycles. The van der Waals surface area contributed by atoms with Crippen molar-refractivity contribution in [2.45, 2.75) is 12.8 Å². The maximum atomic E-state index is 12.8. The predicted octanol–water partition coefficient (Wildman–Crippen LogP) is 3.06. The summed E-state index contributed by atoms with van der Waals surface area (Å²) in [5.74, 6) is -2.48. The van der Waals surface area contributed by atoms with Gasteiger partial charge < -0.3 is 10.4 Å². The van der Waals surface area contributed by atoms with Gasteiger partial charge in [-0.25, -0.2) is 4.98 Å². The Morgan fingerprint density at radius 2 is 1.77 bits per heavy atom. The molecule has 0 saturated carbocycles. The Bertz CT molecular complexity index is 1100. The van der Waals surface area contributed by atoms with Crippen LogP contribution >= 0.6 is 0 Å². The average Bonchev–Trinajstić information content (AvgIpc) is 2.84. The molecule has 1 aliphatic rings. The zero-order valence-electron chi connectivity index (χ0n) is 13.8. The van der Waals surface area contributed by atoms with Crippen molar-refractivity contribution in [2.75, 3.05) is 5.32 Å². The second kappa shape index (κ2) is 5.77. The quantitative estimate of drug-likeness (QED) is 0.695. The summed E-state index contributed by atoms with van der Waals surface area (Å²) in [4.78, 5) is 41.2. The number of hydrogen-bond acceptors (Lipinski definition) is 5. The number of amides is 1. The van der Waals surface area contributed by atoms with Crippen LogP contribution in [0, 0.1) is 0 Å². The highest BCUT2D eigenvalue weighted by atomic mass is 16.3.